The molecule has 1 N–H and O–H groups in total. The summed E-state index contributed by atoms with van der Waals surface area (Å²) >= 11 is 0. The molecule has 0 radical (unpaired) electrons. The van der Waals surface area contributed by atoms with Gasteiger partial charge in [-0.2, -0.15) is 0 Å². The summed E-state index contributed by atoms with van der Waals surface area (Å²) in [7, 11) is 0. The van der Waals surface area contributed by atoms with Crippen molar-refractivity contribution in [2.24, 2.45) is 0 Å². The van der Waals surface area contributed by atoms with Crippen molar-refractivity contribution in [3.8, 4) is 0 Å². The molecule has 1 saturated heterocycles. The van der Waals surface area contributed by atoms with E-state index in [1.807, 2.05) is 6.20 Å². The van der Waals surface area contributed by atoms with E-state index in [9.17, 15) is 0 Å². The van der Waals surface area contributed by atoms with Crippen LogP contribution in [-0.4, -0.2) is 29.0 Å². The minimum atomic E-state index is 0.750. The molecule has 2 heterocycles. The molecule has 0 spiro atoms. The number of likely N-dealkylation sites (tertiary alicyclic amines) is 1. The summed E-state index contributed by atoms with van der Waals surface area (Å²) < 4.78 is 0. The molecule has 0 bridgehead atoms. The number of nitrogens with one attached hydrogen (secondary N) is 1. The SMILES string of the molecule is CCCNCc1ccc(CN2CCCCCC2CC)nc1. The highest BCUT2D eigenvalue weighted by atomic mass is 15.2. The topological polar surface area (TPSA) is 28.2 Å². The van der Waals surface area contributed by atoms with Gasteiger partial charge >= 0.3 is 0 Å². The molecule has 1 unspecified atom stereocenters. The summed E-state index contributed by atoms with van der Waals surface area (Å²) in [5, 5.41) is 3.43. The smallest absolute Gasteiger partial charge is 0.0544 e. The number of hydrogen-bond donors (Lipinski definition) is 1. The van der Waals surface area contributed by atoms with Gasteiger partial charge in [-0.25, -0.2) is 0 Å². The van der Waals surface area contributed by atoms with Crippen LogP contribution in [0.5, 0.6) is 0 Å². The van der Waals surface area contributed by atoms with E-state index in [0.29, 0.717) is 0 Å². The fraction of sp³-hybridized carbons (Fsp3) is 0.722. The molecular formula is C18H31N3. The maximum Gasteiger partial charge on any atom is 0.0544 e. The molecule has 3 heteroatoms. The molecule has 1 fully saturated rings. The predicted octanol–water partition coefficient (Wildman–Crippen LogP) is 3.74. The highest BCUT2D eigenvalue weighted by Gasteiger charge is 2.19. The molecule has 0 aliphatic carbocycles. The van der Waals surface area contributed by atoms with E-state index < -0.39 is 0 Å². The number of hydrogen-bond acceptors (Lipinski definition) is 3. The van der Waals surface area contributed by atoms with Gasteiger partial charge in [-0.15, -0.1) is 0 Å². The van der Waals surface area contributed by atoms with Crippen LogP contribution >= 0.6 is 0 Å². The van der Waals surface area contributed by atoms with Gasteiger partial charge in [0.2, 0.25) is 0 Å². The number of aromatic nitrogens is 1. The van der Waals surface area contributed by atoms with E-state index in [4.69, 9.17) is 0 Å². The molecule has 3 nitrogen and oxygen atoms in total. The summed E-state index contributed by atoms with van der Waals surface area (Å²) in [4.78, 5) is 7.31. The van der Waals surface area contributed by atoms with Crippen LogP contribution in [0.1, 0.15) is 63.6 Å². The van der Waals surface area contributed by atoms with E-state index in [-0.39, 0.29) is 0 Å². The normalized spacial score (nSPS) is 20.4. The molecular weight excluding hydrogens is 258 g/mol. The first-order valence-electron chi connectivity index (χ1n) is 8.72. The third-order valence-corrected chi connectivity index (χ3v) is 4.48. The second-order valence-electron chi connectivity index (χ2n) is 6.22. The second kappa shape index (κ2) is 9.16. The predicted molar refractivity (Wildman–Crippen MR) is 89.2 cm³/mol. The maximum atomic E-state index is 4.67. The lowest BCUT2D eigenvalue weighted by atomic mass is 10.1. The Morgan fingerprint density at radius 2 is 2.14 bits per heavy atom. The number of rotatable bonds is 7. The quantitative estimate of drug-likeness (QED) is 0.775. The van der Waals surface area contributed by atoms with Gasteiger partial charge in [0.05, 0.1) is 5.69 Å². The van der Waals surface area contributed by atoms with Crippen molar-refractivity contribution in [3.63, 3.8) is 0 Å². The van der Waals surface area contributed by atoms with Crippen LogP contribution in [0, 0.1) is 0 Å². The molecule has 0 aromatic carbocycles. The lowest BCUT2D eigenvalue weighted by Gasteiger charge is -2.28. The number of pyridine rings is 1. The van der Waals surface area contributed by atoms with Crippen molar-refractivity contribution in [2.75, 3.05) is 13.1 Å². The summed E-state index contributed by atoms with van der Waals surface area (Å²) in [6.07, 6.45) is 9.96. The molecule has 2 rings (SSSR count). The van der Waals surface area contributed by atoms with Gasteiger partial charge in [0, 0.05) is 25.3 Å². The van der Waals surface area contributed by atoms with Crippen LogP contribution in [0.2, 0.25) is 0 Å². The summed E-state index contributed by atoms with van der Waals surface area (Å²) in [5.74, 6) is 0. The lowest BCUT2D eigenvalue weighted by molar-refractivity contribution is 0.184. The Morgan fingerprint density at radius 3 is 2.86 bits per heavy atom. The van der Waals surface area contributed by atoms with E-state index in [1.165, 1.54) is 56.3 Å². The van der Waals surface area contributed by atoms with E-state index in [2.05, 4.69) is 41.2 Å². The van der Waals surface area contributed by atoms with Crippen LogP contribution < -0.4 is 5.32 Å². The Hall–Kier alpha value is -0.930. The highest BCUT2D eigenvalue weighted by molar-refractivity contribution is 5.14. The molecule has 1 atom stereocenters. The van der Waals surface area contributed by atoms with Crippen LogP contribution in [0.25, 0.3) is 0 Å². The van der Waals surface area contributed by atoms with E-state index >= 15 is 0 Å². The van der Waals surface area contributed by atoms with Crippen LogP contribution in [0.4, 0.5) is 0 Å². The standard InChI is InChI=1S/C18H31N3/c1-3-11-19-13-16-9-10-17(20-14-16)15-21-12-7-5-6-8-18(21)4-2/h9-10,14,18-19H,3-8,11-13,15H2,1-2H3. The van der Waals surface area contributed by atoms with Gasteiger partial charge in [0.1, 0.15) is 0 Å². The van der Waals surface area contributed by atoms with Crippen molar-refractivity contribution in [3.05, 3.63) is 29.6 Å². The third kappa shape index (κ3) is 5.40. The molecule has 1 aliphatic heterocycles. The average molecular weight is 289 g/mol. The zero-order chi connectivity index (χ0) is 14.9. The monoisotopic (exact) mass is 289 g/mol. The Morgan fingerprint density at radius 1 is 1.24 bits per heavy atom. The maximum absolute atomic E-state index is 4.67. The first-order chi connectivity index (χ1) is 10.3. The van der Waals surface area contributed by atoms with Gasteiger partial charge in [0.15, 0.2) is 0 Å². The molecule has 118 valence electrons. The molecule has 21 heavy (non-hydrogen) atoms. The van der Waals surface area contributed by atoms with Crippen molar-refractivity contribution in [1.29, 1.82) is 0 Å². The van der Waals surface area contributed by atoms with Gasteiger partial charge in [-0.3, -0.25) is 9.88 Å². The van der Waals surface area contributed by atoms with E-state index in [0.717, 1.165) is 25.7 Å². The van der Waals surface area contributed by atoms with Crippen molar-refractivity contribution in [2.45, 2.75) is 71.5 Å². The van der Waals surface area contributed by atoms with Crippen LogP contribution in [0.15, 0.2) is 18.3 Å². The molecule has 1 aromatic heterocycles. The fourth-order valence-electron chi connectivity index (χ4n) is 3.18. The zero-order valence-electron chi connectivity index (χ0n) is 13.8. The summed E-state index contributed by atoms with van der Waals surface area (Å²) in [6.45, 7) is 8.77. The summed E-state index contributed by atoms with van der Waals surface area (Å²) in [5.41, 5.74) is 2.50. The Bertz CT molecular complexity index is 388. The molecule has 0 saturated carbocycles. The van der Waals surface area contributed by atoms with Crippen LogP contribution in [-0.2, 0) is 13.1 Å². The van der Waals surface area contributed by atoms with Crippen LogP contribution in [0.3, 0.4) is 0 Å². The lowest BCUT2D eigenvalue weighted by Crippen LogP contribution is -2.34. The molecule has 1 aliphatic rings. The first-order valence-corrected chi connectivity index (χ1v) is 8.72. The van der Waals surface area contributed by atoms with E-state index in [1.54, 1.807) is 0 Å². The van der Waals surface area contributed by atoms with Gasteiger partial charge in [-0.1, -0.05) is 32.8 Å². The largest absolute Gasteiger partial charge is 0.313 e. The van der Waals surface area contributed by atoms with Gasteiger partial charge < -0.3 is 5.32 Å². The minimum Gasteiger partial charge on any atom is -0.313 e. The zero-order valence-corrected chi connectivity index (χ0v) is 13.8. The van der Waals surface area contributed by atoms with Gasteiger partial charge in [-0.05, 0) is 50.4 Å². The molecule has 1 aromatic rings. The Labute approximate surface area is 130 Å². The number of nitrogens with zero attached hydrogens (tertiary/aromatic N) is 2. The molecule has 0 amide bonds. The Kier molecular flexibility index (Phi) is 7.17. The van der Waals surface area contributed by atoms with Crippen molar-refractivity contribution < 1.29 is 0 Å². The minimum absolute atomic E-state index is 0.750. The summed E-state index contributed by atoms with van der Waals surface area (Å²) in [6, 6.07) is 5.19. The first kappa shape index (κ1) is 16.4. The van der Waals surface area contributed by atoms with Crippen molar-refractivity contribution in [1.82, 2.24) is 15.2 Å². The highest BCUT2D eigenvalue weighted by Crippen LogP contribution is 2.20. The fourth-order valence-corrected chi connectivity index (χ4v) is 3.18. The Balaban J connectivity index is 1.89. The van der Waals surface area contributed by atoms with Crippen molar-refractivity contribution >= 4 is 0 Å². The second-order valence-corrected chi connectivity index (χ2v) is 6.22. The van der Waals surface area contributed by atoms with Gasteiger partial charge in [0.25, 0.3) is 0 Å². The average Bonchev–Trinajstić information content (AvgIpc) is 2.74. The third-order valence-electron chi connectivity index (χ3n) is 4.48.